The molecule has 0 saturated heterocycles. The van der Waals surface area contributed by atoms with Gasteiger partial charge in [-0.3, -0.25) is 4.79 Å². The molecule has 4 nitrogen and oxygen atoms in total. The second-order valence-corrected chi connectivity index (χ2v) is 14.5. The number of methoxy groups -OCH3 is 1. The molecule has 3 aliphatic rings. The molecule has 1 heterocycles. The number of hydrogen-bond donors (Lipinski definition) is 0. The van der Waals surface area contributed by atoms with Gasteiger partial charge in [0.25, 0.3) is 0 Å². The predicted molar refractivity (Wildman–Crippen MR) is 110 cm³/mol. The van der Waals surface area contributed by atoms with Crippen LogP contribution in [0.25, 0.3) is 0 Å². The van der Waals surface area contributed by atoms with Crippen molar-refractivity contribution in [1.82, 2.24) is 0 Å². The number of nitrogens with zero attached hydrogens (tertiary/aromatic N) is 1. The summed E-state index contributed by atoms with van der Waals surface area (Å²) >= 11 is 0. The Morgan fingerprint density at radius 2 is 1.89 bits per heavy atom. The lowest BCUT2D eigenvalue weighted by Gasteiger charge is -2.62. The summed E-state index contributed by atoms with van der Waals surface area (Å²) in [6, 6.07) is 7.97. The summed E-state index contributed by atoms with van der Waals surface area (Å²) in [4.78, 5) is 17.8. The molecule has 0 aromatic heterocycles. The van der Waals surface area contributed by atoms with Crippen molar-refractivity contribution in [3.05, 3.63) is 35.4 Å². The highest BCUT2D eigenvalue weighted by atomic mass is 28.4. The van der Waals surface area contributed by atoms with Crippen molar-refractivity contribution in [2.75, 3.05) is 7.11 Å². The Morgan fingerprint density at radius 1 is 1.19 bits per heavy atom. The molecule has 1 aromatic carbocycles. The molecule has 0 amide bonds. The number of aliphatic imine (C=N–C) groups is 1. The maximum atomic E-state index is 13.0. The number of Topliss-reactive ketones (excluding diaryl/α,β-unsaturated/α-hetero) is 1. The van der Waals surface area contributed by atoms with Gasteiger partial charge in [-0.05, 0) is 42.6 Å². The van der Waals surface area contributed by atoms with E-state index in [4.69, 9.17) is 14.2 Å². The van der Waals surface area contributed by atoms with Gasteiger partial charge in [-0.25, -0.2) is 4.99 Å². The van der Waals surface area contributed by atoms with E-state index in [1.165, 1.54) is 5.56 Å². The van der Waals surface area contributed by atoms with E-state index >= 15 is 0 Å². The van der Waals surface area contributed by atoms with Gasteiger partial charge in [0.2, 0.25) is 5.90 Å². The summed E-state index contributed by atoms with van der Waals surface area (Å²) in [6.45, 7) is 11.4. The van der Waals surface area contributed by atoms with Gasteiger partial charge < -0.3 is 9.16 Å². The summed E-state index contributed by atoms with van der Waals surface area (Å²) in [7, 11) is -0.333. The highest BCUT2D eigenvalue weighted by Crippen LogP contribution is 2.60. The van der Waals surface area contributed by atoms with Crippen LogP contribution in [0.5, 0.6) is 0 Å². The molecule has 2 saturated carbocycles. The van der Waals surface area contributed by atoms with E-state index in [1.54, 1.807) is 7.11 Å². The molecule has 1 spiro atoms. The fraction of sp³-hybridized carbons (Fsp3) is 0.636. The second-order valence-electron chi connectivity index (χ2n) is 9.77. The summed E-state index contributed by atoms with van der Waals surface area (Å²) in [5.74, 6) is 0.876. The maximum absolute atomic E-state index is 13.0. The first-order valence-corrected chi connectivity index (χ1v) is 13.0. The van der Waals surface area contributed by atoms with Crippen LogP contribution in [0.3, 0.4) is 0 Å². The van der Waals surface area contributed by atoms with Crippen LogP contribution in [0.15, 0.2) is 29.3 Å². The summed E-state index contributed by atoms with van der Waals surface area (Å²) in [6.07, 6.45) is 3.04. The summed E-state index contributed by atoms with van der Waals surface area (Å²) < 4.78 is 12.5. The third kappa shape index (κ3) is 2.44. The lowest BCUT2D eigenvalue weighted by Crippen LogP contribution is -2.73. The maximum Gasteiger partial charge on any atom is 0.216 e. The van der Waals surface area contributed by atoms with Gasteiger partial charge in [0.15, 0.2) is 14.1 Å². The lowest BCUT2D eigenvalue weighted by atomic mass is 9.45. The number of hydrogen-bond acceptors (Lipinski definition) is 4. The Balaban J connectivity index is 1.85. The normalized spacial score (nSPS) is 32.6. The zero-order chi connectivity index (χ0) is 19.6. The molecule has 0 radical (unpaired) electrons. The van der Waals surface area contributed by atoms with E-state index in [1.807, 2.05) is 6.07 Å². The van der Waals surface area contributed by atoms with E-state index in [-0.39, 0.29) is 34.3 Å². The van der Waals surface area contributed by atoms with Gasteiger partial charge in [-0.1, -0.05) is 45.4 Å². The molecule has 4 rings (SSSR count). The molecule has 1 unspecified atom stereocenters. The standard InChI is InChI=1S/C22H31NO3Si/c1-21(2,3)27(5,6)26-17-13-9-12-16-18(24)19-22(16,17)15-11-8-7-10-14(15)20(23-19)25-4/h7-8,10-11,16-17,19H,9,12-13H2,1-6H3/t16?,17-,19-,22+/m1/s1. The quantitative estimate of drug-likeness (QED) is 0.706. The molecule has 4 atom stereocenters. The molecular weight excluding hydrogens is 354 g/mol. The number of ketones is 1. The van der Waals surface area contributed by atoms with Crippen LogP contribution in [0, 0.1) is 5.92 Å². The van der Waals surface area contributed by atoms with E-state index in [9.17, 15) is 4.79 Å². The Labute approximate surface area is 163 Å². The average Bonchev–Trinajstić information content (AvgIpc) is 2.61. The van der Waals surface area contributed by atoms with Crippen LogP contribution in [0.1, 0.15) is 51.2 Å². The van der Waals surface area contributed by atoms with Crippen LogP contribution >= 0.6 is 0 Å². The number of ether oxygens (including phenoxy) is 1. The molecule has 146 valence electrons. The summed E-state index contributed by atoms with van der Waals surface area (Å²) in [5.41, 5.74) is 1.91. The zero-order valence-corrected chi connectivity index (χ0v) is 18.3. The predicted octanol–water partition coefficient (Wildman–Crippen LogP) is 4.47. The van der Waals surface area contributed by atoms with Crippen LogP contribution in [0.2, 0.25) is 18.1 Å². The van der Waals surface area contributed by atoms with Gasteiger partial charge in [-0.15, -0.1) is 0 Å². The zero-order valence-electron chi connectivity index (χ0n) is 17.3. The van der Waals surface area contributed by atoms with Gasteiger partial charge in [0.05, 0.1) is 18.6 Å². The fourth-order valence-corrected chi connectivity index (χ4v) is 6.43. The smallest absolute Gasteiger partial charge is 0.216 e. The SMILES string of the molecule is COC1=N[C@@H]2C(=O)C3CCC[C@@H](O[Si](C)(C)C(C)(C)C)[C@]32c2ccccc21. The van der Waals surface area contributed by atoms with Crippen molar-refractivity contribution in [2.45, 2.75) is 75.7 Å². The van der Waals surface area contributed by atoms with E-state index in [0.717, 1.165) is 24.8 Å². The third-order valence-corrected chi connectivity index (χ3v) is 11.9. The number of fused-ring (bicyclic) bond motifs is 1. The molecule has 1 aliphatic heterocycles. The Morgan fingerprint density at radius 3 is 2.56 bits per heavy atom. The van der Waals surface area contributed by atoms with Crippen molar-refractivity contribution < 1.29 is 14.0 Å². The monoisotopic (exact) mass is 385 g/mol. The van der Waals surface area contributed by atoms with Crippen LogP contribution in [-0.4, -0.2) is 39.3 Å². The van der Waals surface area contributed by atoms with Gasteiger partial charge in [0, 0.05) is 11.5 Å². The summed E-state index contributed by atoms with van der Waals surface area (Å²) in [5, 5.41) is 0.134. The molecule has 2 fully saturated rings. The second kappa shape index (κ2) is 6.02. The molecule has 0 N–H and O–H groups in total. The van der Waals surface area contributed by atoms with Crippen molar-refractivity contribution in [3.8, 4) is 0 Å². The Hall–Kier alpha value is -1.46. The van der Waals surface area contributed by atoms with E-state index < -0.39 is 8.32 Å². The molecule has 2 aliphatic carbocycles. The van der Waals surface area contributed by atoms with Crippen LogP contribution in [0.4, 0.5) is 0 Å². The Kier molecular flexibility index (Phi) is 4.21. The lowest BCUT2D eigenvalue weighted by molar-refractivity contribution is -0.152. The highest BCUT2D eigenvalue weighted by molar-refractivity contribution is 6.74. The first-order valence-electron chi connectivity index (χ1n) is 10.1. The number of rotatable bonds is 2. The van der Waals surface area contributed by atoms with Gasteiger partial charge >= 0.3 is 0 Å². The average molecular weight is 386 g/mol. The minimum absolute atomic E-state index is 0.0225. The third-order valence-electron chi connectivity index (χ3n) is 7.44. The van der Waals surface area contributed by atoms with Crippen molar-refractivity contribution in [1.29, 1.82) is 0 Å². The van der Waals surface area contributed by atoms with E-state index in [0.29, 0.717) is 5.90 Å². The van der Waals surface area contributed by atoms with Crippen molar-refractivity contribution in [3.63, 3.8) is 0 Å². The molecule has 27 heavy (non-hydrogen) atoms. The number of benzene rings is 1. The first kappa shape index (κ1) is 18.9. The highest BCUT2D eigenvalue weighted by Gasteiger charge is 2.70. The van der Waals surface area contributed by atoms with Crippen LogP contribution < -0.4 is 0 Å². The first-order chi connectivity index (χ1) is 12.6. The minimum Gasteiger partial charge on any atom is -0.481 e. The van der Waals surface area contributed by atoms with Crippen molar-refractivity contribution in [2.24, 2.45) is 10.9 Å². The topological polar surface area (TPSA) is 47.9 Å². The molecule has 0 bridgehead atoms. The minimum atomic E-state index is -1.97. The van der Waals surface area contributed by atoms with Crippen molar-refractivity contribution >= 4 is 20.0 Å². The Bertz CT molecular complexity index is 810. The number of carbonyl (C=O) groups is 1. The van der Waals surface area contributed by atoms with Crippen LogP contribution in [-0.2, 0) is 19.4 Å². The van der Waals surface area contributed by atoms with E-state index in [2.05, 4.69) is 52.1 Å². The molecule has 5 heteroatoms. The van der Waals surface area contributed by atoms with Gasteiger partial charge in [0.1, 0.15) is 6.04 Å². The van der Waals surface area contributed by atoms with Gasteiger partial charge in [-0.2, -0.15) is 0 Å². The molecule has 1 aromatic rings. The largest absolute Gasteiger partial charge is 0.481 e. The fourth-order valence-electron chi connectivity index (χ4n) is 5.05. The number of carbonyl (C=O) groups excluding carboxylic acids is 1. The molecular formula is C22H31NO3Si.